The molecule has 2 aromatic carbocycles. The van der Waals surface area contributed by atoms with E-state index in [4.69, 9.17) is 0 Å². The minimum absolute atomic E-state index is 0.103. The Hall–Kier alpha value is -3.06. The lowest BCUT2D eigenvalue weighted by molar-refractivity contribution is 0.0645. The number of nitrogens with zero attached hydrogens (tertiary/aromatic N) is 3. The van der Waals surface area contributed by atoms with Gasteiger partial charge in [-0.1, -0.05) is 24.3 Å². The first-order valence-corrected chi connectivity index (χ1v) is 9.77. The highest BCUT2D eigenvalue weighted by molar-refractivity contribution is 5.95. The molecule has 2 saturated heterocycles. The summed E-state index contributed by atoms with van der Waals surface area (Å²) in [5.41, 5.74) is 1.33. The van der Waals surface area contributed by atoms with E-state index >= 15 is 0 Å². The van der Waals surface area contributed by atoms with Crippen molar-refractivity contribution in [3.05, 3.63) is 75.5 Å². The van der Waals surface area contributed by atoms with Gasteiger partial charge in [-0.2, -0.15) is 5.10 Å². The molecule has 1 amide bonds. The van der Waals surface area contributed by atoms with E-state index < -0.39 is 5.82 Å². The minimum Gasteiger partial charge on any atom is -0.333 e. The summed E-state index contributed by atoms with van der Waals surface area (Å²) in [4.78, 5) is 29.1. The number of H-pyrrole nitrogens is 1. The fourth-order valence-electron chi connectivity index (χ4n) is 4.62. The normalized spacial score (nSPS) is 21.2. The van der Waals surface area contributed by atoms with Gasteiger partial charge in [-0.15, -0.1) is 0 Å². The van der Waals surface area contributed by atoms with Crippen molar-refractivity contribution in [3.8, 4) is 0 Å². The largest absolute Gasteiger partial charge is 0.333 e. The van der Waals surface area contributed by atoms with Crippen molar-refractivity contribution in [3.63, 3.8) is 0 Å². The van der Waals surface area contributed by atoms with Crippen LogP contribution in [0.3, 0.4) is 0 Å². The number of likely N-dealkylation sites (tertiary alicyclic amines) is 2. The second kappa shape index (κ2) is 6.77. The van der Waals surface area contributed by atoms with Crippen molar-refractivity contribution in [1.29, 1.82) is 0 Å². The lowest BCUT2D eigenvalue weighted by Crippen LogP contribution is -2.47. The Bertz CT molecular complexity index is 1170. The number of fused-ring (bicyclic) bond motifs is 3. The highest BCUT2D eigenvalue weighted by Gasteiger charge is 2.44. The molecular weight excluding hydrogens is 371 g/mol. The predicted molar refractivity (Wildman–Crippen MR) is 107 cm³/mol. The molecule has 0 spiro atoms. The molecule has 7 heteroatoms. The Morgan fingerprint density at radius 3 is 2.69 bits per heavy atom. The number of halogens is 1. The quantitative estimate of drug-likeness (QED) is 0.742. The third-order valence-electron chi connectivity index (χ3n) is 6.18. The Balaban J connectivity index is 1.46. The zero-order valence-corrected chi connectivity index (χ0v) is 16.1. The number of carbonyl (C=O) groups is 1. The third-order valence-corrected chi connectivity index (χ3v) is 6.18. The Kier molecular flexibility index (Phi) is 4.20. The van der Waals surface area contributed by atoms with Crippen molar-refractivity contribution in [1.82, 2.24) is 20.0 Å². The van der Waals surface area contributed by atoms with Gasteiger partial charge in [0.15, 0.2) is 0 Å². The van der Waals surface area contributed by atoms with Crippen molar-refractivity contribution < 1.29 is 9.18 Å². The maximum absolute atomic E-state index is 14.5. The number of benzene rings is 2. The second-order valence-electron chi connectivity index (χ2n) is 7.98. The van der Waals surface area contributed by atoms with E-state index in [9.17, 15) is 14.0 Å². The fraction of sp³-hybridized carbons (Fsp3) is 0.318. The number of piperazine rings is 1. The van der Waals surface area contributed by atoms with Crippen LogP contribution in [0.25, 0.3) is 10.8 Å². The molecule has 0 radical (unpaired) electrons. The third kappa shape index (κ3) is 3.02. The first kappa shape index (κ1) is 18.0. The minimum atomic E-state index is -0.505. The first-order chi connectivity index (χ1) is 14.0. The average Bonchev–Trinajstić information content (AvgIpc) is 3.31. The molecule has 148 valence electrons. The smallest absolute Gasteiger partial charge is 0.272 e. The van der Waals surface area contributed by atoms with Crippen LogP contribution < -0.4 is 5.56 Å². The van der Waals surface area contributed by atoms with E-state index in [0.717, 1.165) is 23.9 Å². The van der Waals surface area contributed by atoms with Crippen molar-refractivity contribution in [2.75, 3.05) is 20.1 Å². The van der Waals surface area contributed by atoms with Crippen molar-refractivity contribution in [2.45, 2.75) is 24.9 Å². The molecule has 2 atom stereocenters. The summed E-state index contributed by atoms with van der Waals surface area (Å²) in [6.07, 6.45) is 1.35. The lowest BCUT2D eigenvalue weighted by atomic mass is 10.0. The van der Waals surface area contributed by atoms with Gasteiger partial charge in [0.25, 0.3) is 11.5 Å². The summed E-state index contributed by atoms with van der Waals surface area (Å²) >= 11 is 0. The summed E-state index contributed by atoms with van der Waals surface area (Å²) in [5.74, 6) is -0.751. The average molecular weight is 392 g/mol. The van der Waals surface area contributed by atoms with E-state index in [1.807, 2.05) is 12.1 Å². The van der Waals surface area contributed by atoms with Crippen LogP contribution >= 0.6 is 0 Å². The van der Waals surface area contributed by atoms with Gasteiger partial charge in [0, 0.05) is 37.0 Å². The molecule has 1 aromatic heterocycles. The second-order valence-corrected chi connectivity index (χ2v) is 7.98. The number of hydrogen-bond donors (Lipinski definition) is 1. The zero-order chi connectivity index (χ0) is 20.1. The molecule has 3 aromatic rings. The van der Waals surface area contributed by atoms with Crippen LogP contribution in [0.4, 0.5) is 4.39 Å². The summed E-state index contributed by atoms with van der Waals surface area (Å²) in [5, 5.41) is 8.02. The standard InChI is InChI=1S/C22H21FN4O2/c1-26-11-15-10-14(26)12-27(15)22(29)18-8-13(6-7-19(18)23)9-20-16-4-2-3-5-17(16)21(28)25-24-20/h2-8,14-15H,9-12H2,1H3,(H,25,28). The van der Waals surface area contributed by atoms with Crippen molar-refractivity contribution in [2.24, 2.45) is 0 Å². The number of likely N-dealkylation sites (N-methyl/N-ethyl adjacent to an activating group) is 1. The molecule has 3 heterocycles. The monoisotopic (exact) mass is 392 g/mol. The molecule has 0 saturated carbocycles. The molecule has 2 fully saturated rings. The molecule has 2 bridgehead atoms. The summed E-state index contributed by atoms with van der Waals surface area (Å²) in [6.45, 7) is 1.49. The molecule has 5 rings (SSSR count). The molecule has 2 aliphatic heterocycles. The SMILES string of the molecule is CN1CC2CC1CN2C(=O)c1cc(Cc2n[nH]c(=O)c3ccccc23)ccc1F. The van der Waals surface area contributed by atoms with Gasteiger partial charge < -0.3 is 4.90 Å². The van der Waals surface area contributed by atoms with Gasteiger partial charge in [-0.3, -0.25) is 14.5 Å². The van der Waals surface area contributed by atoms with Crippen LogP contribution in [0, 0.1) is 5.82 Å². The van der Waals surface area contributed by atoms with Gasteiger partial charge in [-0.05, 0) is 37.2 Å². The van der Waals surface area contributed by atoms with E-state index in [1.54, 1.807) is 29.2 Å². The number of nitrogens with one attached hydrogen (secondary N) is 1. The molecule has 6 nitrogen and oxygen atoms in total. The lowest BCUT2D eigenvalue weighted by Gasteiger charge is -2.32. The Labute approximate surface area is 166 Å². The van der Waals surface area contributed by atoms with Crippen LogP contribution in [-0.2, 0) is 6.42 Å². The molecule has 1 N–H and O–H groups in total. The van der Waals surface area contributed by atoms with E-state index in [0.29, 0.717) is 30.1 Å². The number of rotatable bonds is 3. The highest BCUT2D eigenvalue weighted by Crippen LogP contribution is 2.31. The van der Waals surface area contributed by atoms with E-state index in [1.165, 1.54) is 6.07 Å². The fourth-order valence-corrected chi connectivity index (χ4v) is 4.62. The highest BCUT2D eigenvalue weighted by atomic mass is 19.1. The molecule has 2 unspecified atom stereocenters. The van der Waals surface area contributed by atoms with Crippen molar-refractivity contribution >= 4 is 16.7 Å². The maximum atomic E-state index is 14.5. The molecular formula is C22H21FN4O2. The van der Waals surface area contributed by atoms with Gasteiger partial charge in [0.1, 0.15) is 5.82 Å². The molecule has 0 aliphatic carbocycles. The van der Waals surface area contributed by atoms with Crippen LogP contribution in [0.1, 0.15) is 28.0 Å². The van der Waals surface area contributed by atoms with Gasteiger partial charge in [0.05, 0.1) is 16.6 Å². The van der Waals surface area contributed by atoms with Crippen LogP contribution in [0.15, 0.2) is 47.3 Å². The predicted octanol–water partition coefficient (Wildman–Crippen LogP) is 2.18. The zero-order valence-electron chi connectivity index (χ0n) is 16.1. The first-order valence-electron chi connectivity index (χ1n) is 9.77. The van der Waals surface area contributed by atoms with Crippen LogP contribution in [0.2, 0.25) is 0 Å². The van der Waals surface area contributed by atoms with Gasteiger partial charge in [-0.25, -0.2) is 9.49 Å². The van der Waals surface area contributed by atoms with Gasteiger partial charge >= 0.3 is 0 Å². The van der Waals surface area contributed by atoms with Crippen LogP contribution in [0.5, 0.6) is 0 Å². The number of aromatic amines is 1. The summed E-state index contributed by atoms with van der Waals surface area (Å²) in [7, 11) is 2.06. The molecule has 29 heavy (non-hydrogen) atoms. The number of hydrogen-bond acceptors (Lipinski definition) is 4. The summed E-state index contributed by atoms with van der Waals surface area (Å²) < 4.78 is 14.5. The van der Waals surface area contributed by atoms with Crippen LogP contribution in [-0.4, -0.2) is 58.1 Å². The van der Waals surface area contributed by atoms with Gasteiger partial charge in [0.2, 0.25) is 0 Å². The topological polar surface area (TPSA) is 69.3 Å². The summed E-state index contributed by atoms with van der Waals surface area (Å²) in [6, 6.07) is 12.4. The Morgan fingerprint density at radius 2 is 1.97 bits per heavy atom. The number of carbonyl (C=O) groups excluding carboxylic acids is 1. The number of aromatic nitrogens is 2. The van der Waals surface area contributed by atoms with E-state index in [-0.39, 0.29) is 23.1 Å². The molecule has 2 aliphatic rings. The number of amides is 1. The van der Waals surface area contributed by atoms with E-state index in [2.05, 4.69) is 22.1 Å². The maximum Gasteiger partial charge on any atom is 0.272 e. The Morgan fingerprint density at radius 1 is 1.17 bits per heavy atom.